The molecule has 0 radical (unpaired) electrons. The van der Waals surface area contributed by atoms with Crippen molar-refractivity contribution in [2.75, 3.05) is 17.3 Å². The van der Waals surface area contributed by atoms with Crippen LogP contribution in [0.25, 0.3) is 0 Å². The maximum Gasteiger partial charge on any atom is 0.145 e. The predicted octanol–water partition coefficient (Wildman–Crippen LogP) is 1.34. The number of nitrogens with zero attached hydrogens (tertiary/aromatic N) is 2. The van der Waals surface area contributed by atoms with Gasteiger partial charge in [-0.25, -0.2) is 15.8 Å². The Morgan fingerprint density at radius 1 is 1.19 bits per heavy atom. The van der Waals surface area contributed by atoms with Crippen molar-refractivity contribution in [3.05, 3.63) is 47.8 Å². The molecule has 0 fully saturated rings. The number of aromatic nitrogens is 2. The Labute approximate surface area is 124 Å². The van der Waals surface area contributed by atoms with Gasteiger partial charge in [-0.05, 0) is 12.0 Å². The van der Waals surface area contributed by atoms with Crippen LogP contribution in [0.4, 0.5) is 11.6 Å². The Kier molecular flexibility index (Phi) is 5.48. The Morgan fingerprint density at radius 3 is 2.52 bits per heavy atom. The molecule has 0 amide bonds. The minimum absolute atomic E-state index is 0.0196. The minimum atomic E-state index is -0.113. The molecular formula is C15H21N5O. The summed E-state index contributed by atoms with van der Waals surface area (Å²) in [6, 6.07) is 11.6. The number of aryl methyl sites for hydroxylation is 1. The maximum atomic E-state index is 9.56. The first kappa shape index (κ1) is 15.2. The van der Waals surface area contributed by atoms with Gasteiger partial charge in [0, 0.05) is 12.5 Å². The molecule has 5 N–H and O–H groups in total. The number of benzene rings is 1. The lowest BCUT2D eigenvalue weighted by atomic mass is 10.1. The predicted molar refractivity (Wildman–Crippen MR) is 83.9 cm³/mol. The molecule has 0 aliphatic carbocycles. The summed E-state index contributed by atoms with van der Waals surface area (Å²) in [6.07, 6.45) is 1.43. The fourth-order valence-electron chi connectivity index (χ4n) is 2.07. The average Bonchev–Trinajstić information content (AvgIpc) is 2.54. The van der Waals surface area contributed by atoms with Crippen LogP contribution in [0.15, 0.2) is 36.4 Å². The van der Waals surface area contributed by atoms with E-state index in [0.717, 1.165) is 5.56 Å². The molecule has 2 rings (SSSR count). The second-order valence-corrected chi connectivity index (χ2v) is 4.77. The van der Waals surface area contributed by atoms with Crippen LogP contribution in [0.2, 0.25) is 0 Å². The third-order valence-electron chi connectivity index (χ3n) is 3.13. The molecule has 0 aliphatic rings. The Morgan fingerprint density at radius 2 is 1.90 bits per heavy atom. The average molecular weight is 287 g/mol. The molecule has 1 unspecified atom stereocenters. The van der Waals surface area contributed by atoms with Crippen LogP contribution in [0.3, 0.4) is 0 Å². The first-order valence-electron chi connectivity index (χ1n) is 7.01. The quantitative estimate of drug-likeness (QED) is 0.453. The largest absolute Gasteiger partial charge is 0.394 e. The van der Waals surface area contributed by atoms with Gasteiger partial charge in [0.1, 0.15) is 17.5 Å². The van der Waals surface area contributed by atoms with E-state index in [1.807, 2.05) is 37.3 Å². The molecule has 2 aromatic rings. The molecule has 1 aromatic heterocycles. The first-order valence-corrected chi connectivity index (χ1v) is 7.01. The molecule has 21 heavy (non-hydrogen) atoms. The van der Waals surface area contributed by atoms with Crippen LogP contribution in [-0.4, -0.2) is 27.7 Å². The lowest BCUT2D eigenvalue weighted by molar-refractivity contribution is 0.273. The van der Waals surface area contributed by atoms with E-state index in [4.69, 9.17) is 5.84 Å². The Bertz CT molecular complexity index is 539. The van der Waals surface area contributed by atoms with Gasteiger partial charge in [-0.1, -0.05) is 37.3 Å². The van der Waals surface area contributed by atoms with Gasteiger partial charge < -0.3 is 15.8 Å². The van der Waals surface area contributed by atoms with Crippen molar-refractivity contribution in [2.45, 2.75) is 25.8 Å². The fraction of sp³-hybridized carbons (Fsp3) is 0.333. The van der Waals surface area contributed by atoms with Gasteiger partial charge in [0.15, 0.2) is 0 Å². The van der Waals surface area contributed by atoms with E-state index in [9.17, 15) is 5.11 Å². The normalized spacial score (nSPS) is 12.0. The summed E-state index contributed by atoms with van der Waals surface area (Å²) >= 11 is 0. The van der Waals surface area contributed by atoms with Crippen LogP contribution in [-0.2, 0) is 12.8 Å². The molecule has 112 valence electrons. The molecule has 0 aliphatic heterocycles. The number of aliphatic hydroxyl groups excluding tert-OH is 1. The second kappa shape index (κ2) is 7.56. The summed E-state index contributed by atoms with van der Waals surface area (Å²) < 4.78 is 0. The van der Waals surface area contributed by atoms with Gasteiger partial charge >= 0.3 is 0 Å². The lowest BCUT2D eigenvalue weighted by Gasteiger charge is -2.18. The number of nitrogen functional groups attached to an aromatic ring is 1. The van der Waals surface area contributed by atoms with Crippen LogP contribution >= 0.6 is 0 Å². The van der Waals surface area contributed by atoms with E-state index in [1.165, 1.54) is 0 Å². The molecule has 0 saturated carbocycles. The number of hydrogen-bond acceptors (Lipinski definition) is 6. The summed E-state index contributed by atoms with van der Waals surface area (Å²) in [4.78, 5) is 8.64. The number of hydrogen-bond donors (Lipinski definition) is 4. The molecule has 1 atom stereocenters. The molecule has 1 heterocycles. The summed E-state index contributed by atoms with van der Waals surface area (Å²) in [6.45, 7) is 2.00. The lowest BCUT2D eigenvalue weighted by Crippen LogP contribution is -2.27. The van der Waals surface area contributed by atoms with Crippen molar-refractivity contribution in [3.63, 3.8) is 0 Å². The standard InChI is InChI=1S/C15H21N5O/c1-2-13-18-14(9-15(19-13)20-16)17-12(10-21)8-11-6-4-3-5-7-11/h3-7,9,12,21H,2,8,10,16H2,1H3,(H2,17,18,19,20). The Balaban J connectivity index is 2.11. The molecule has 1 aromatic carbocycles. The van der Waals surface area contributed by atoms with Crippen molar-refractivity contribution < 1.29 is 5.11 Å². The van der Waals surface area contributed by atoms with Gasteiger partial charge in [-0.3, -0.25) is 0 Å². The molecule has 0 bridgehead atoms. The van der Waals surface area contributed by atoms with Crippen molar-refractivity contribution in [3.8, 4) is 0 Å². The van der Waals surface area contributed by atoms with Crippen molar-refractivity contribution >= 4 is 11.6 Å². The molecule has 6 heteroatoms. The smallest absolute Gasteiger partial charge is 0.145 e. The fourth-order valence-corrected chi connectivity index (χ4v) is 2.07. The van der Waals surface area contributed by atoms with E-state index in [0.29, 0.717) is 30.3 Å². The SMILES string of the molecule is CCc1nc(NN)cc(NC(CO)Cc2ccccc2)n1. The molecule has 6 nitrogen and oxygen atoms in total. The van der Waals surface area contributed by atoms with E-state index in [2.05, 4.69) is 20.7 Å². The summed E-state index contributed by atoms with van der Waals surface area (Å²) in [7, 11) is 0. The number of nitrogens with two attached hydrogens (primary N) is 1. The van der Waals surface area contributed by atoms with Crippen LogP contribution in [0.5, 0.6) is 0 Å². The van der Waals surface area contributed by atoms with Gasteiger partial charge in [0.05, 0.1) is 12.6 Å². The van der Waals surface area contributed by atoms with Crippen LogP contribution < -0.4 is 16.6 Å². The maximum absolute atomic E-state index is 9.56. The number of hydrazine groups is 1. The number of nitrogens with one attached hydrogen (secondary N) is 2. The van der Waals surface area contributed by atoms with Gasteiger partial charge in [0.25, 0.3) is 0 Å². The van der Waals surface area contributed by atoms with Crippen molar-refractivity contribution in [2.24, 2.45) is 5.84 Å². The topological polar surface area (TPSA) is 96.1 Å². The van der Waals surface area contributed by atoms with Crippen LogP contribution in [0, 0.1) is 0 Å². The monoisotopic (exact) mass is 287 g/mol. The third kappa shape index (κ3) is 4.40. The number of aliphatic hydroxyl groups is 1. The highest BCUT2D eigenvalue weighted by Crippen LogP contribution is 2.13. The van der Waals surface area contributed by atoms with Gasteiger partial charge in [-0.2, -0.15) is 0 Å². The molecular weight excluding hydrogens is 266 g/mol. The Hall–Kier alpha value is -2.18. The zero-order chi connectivity index (χ0) is 15.1. The van der Waals surface area contributed by atoms with Crippen molar-refractivity contribution in [1.29, 1.82) is 0 Å². The summed E-state index contributed by atoms with van der Waals surface area (Å²) in [5.41, 5.74) is 3.69. The van der Waals surface area contributed by atoms with E-state index in [1.54, 1.807) is 6.07 Å². The van der Waals surface area contributed by atoms with Gasteiger partial charge in [-0.15, -0.1) is 0 Å². The first-order chi connectivity index (χ1) is 10.2. The van der Waals surface area contributed by atoms with E-state index >= 15 is 0 Å². The van der Waals surface area contributed by atoms with E-state index < -0.39 is 0 Å². The minimum Gasteiger partial charge on any atom is -0.394 e. The molecule has 0 spiro atoms. The third-order valence-corrected chi connectivity index (χ3v) is 3.13. The van der Waals surface area contributed by atoms with Gasteiger partial charge in [0.2, 0.25) is 0 Å². The highest BCUT2D eigenvalue weighted by Gasteiger charge is 2.11. The number of rotatable bonds is 7. The highest BCUT2D eigenvalue weighted by molar-refractivity contribution is 5.47. The summed E-state index contributed by atoms with van der Waals surface area (Å²) in [5, 5.41) is 12.8. The molecule has 0 saturated heterocycles. The van der Waals surface area contributed by atoms with Crippen molar-refractivity contribution in [1.82, 2.24) is 9.97 Å². The van der Waals surface area contributed by atoms with E-state index in [-0.39, 0.29) is 12.6 Å². The summed E-state index contributed by atoms with van der Waals surface area (Å²) in [5.74, 6) is 7.32. The zero-order valence-corrected chi connectivity index (χ0v) is 12.1. The second-order valence-electron chi connectivity index (χ2n) is 4.77. The highest BCUT2D eigenvalue weighted by atomic mass is 16.3. The van der Waals surface area contributed by atoms with Crippen LogP contribution in [0.1, 0.15) is 18.3 Å². The zero-order valence-electron chi connectivity index (χ0n) is 12.1. The number of anilines is 2.